The SMILES string of the molecule is C=C=C1CCO[C@H]2CCCC[C@@]12[N+](=O)[O-]. The van der Waals surface area contributed by atoms with E-state index in [9.17, 15) is 10.1 Å². The van der Waals surface area contributed by atoms with Gasteiger partial charge in [0, 0.05) is 17.8 Å². The average molecular weight is 209 g/mol. The molecule has 0 aromatic heterocycles. The zero-order valence-corrected chi connectivity index (χ0v) is 8.70. The van der Waals surface area contributed by atoms with Crippen molar-refractivity contribution in [3.05, 3.63) is 28.0 Å². The van der Waals surface area contributed by atoms with Gasteiger partial charge in [0.15, 0.2) is 0 Å². The van der Waals surface area contributed by atoms with Crippen LogP contribution in [0.1, 0.15) is 32.1 Å². The molecule has 1 heterocycles. The van der Waals surface area contributed by atoms with Crippen LogP contribution in [0.2, 0.25) is 0 Å². The minimum atomic E-state index is -1.02. The summed E-state index contributed by atoms with van der Waals surface area (Å²) in [6.07, 6.45) is 3.60. The Morgan fingerprint density at radius 3 is 3.07 bits per heavy atom. The van der Waals surface area contributed by atoms with Gasteiger partial charge in [0.25, 0.3) is 5.54 Å². The van der Waals surface area contributed by atoms with E-state index >= 15 is 0 Å². The van der Waals surface area contributed by atoms with Crippen molar-refractivity contribution in [2.75, 3.05) is 6.61 Å². The predicted molar refractivity (Wildman–Crippen MR) is 55.2 cm³/mol. The van der Waals surface area contributed by atoms with Crippen LogP contribution < -0.4 is 0 Å². The third kappa shape index (κ3) is 1.41. The zero-order chi connectivity index (χ0) is 10.9. The third-order valence-electron chi connectivity index (χ3n) is 3.54. The van der Waals surface area contributed by atoms with E-state index in [-0.39, 0.29) is 11.0 Å². The zero-order valence-electron chi connectivity index (χ0n) is 8.70. The number of hydrogen-bond acceptors (Lipinski definition) is 3. The Bertz CT molecular complexity index is 331. The lowest BCUT2D eigenvalue weighted by Gasteiger charge is -2.40. The summed E-state index contributed by atoms with van der Waals surface area (Å²) in [5, 5.41) is 11.3. The second-order valence-electron chi connectivity index (χ2n) is 4.19. The Morgan fingerprint density at radius 1 is 1.60 bits per heavy atom. The first kappa shape index (κ1) is 10.4. The highest BCUT2D eigenvalue weighted by molar-refractivity contribution is 5.21. The van der Waals surface area contributed by atoms with Gasteiger partial charge in [-0.15, -0.1) is 5.73 Å². The van der Waals surface area contributed by atoms with Crippen molar-refractivity contribution < 1.29 is 9.66 Å². The van der Waals surface area contributed by atoms with E-state index in [0.29, 0.717) is 19.4 Å². The maximum absolute atomic E-state index is 11.3. The molecule has 0 aromatic rings. The second kappa shape index (κ2) is 3.80. The van der Waals surface area contributed by atoms with Gasteiger partial charge >= 0.3 is 0 Å². The van der Waals surface area contributed by atoms with Crippen molar-refractivity contribution in [1.82, 2.24) is 0 Å². The van der Waals surface area contributed by atoms with Crippen molar-refractivity contribution in [3.63, 3.8) is 0 Å². The van der Waals surface area contributed by atoms with E-state index in [2.05, 4.69) is 12.3 Å². The maximum Gasteiger partial charge on any atom is 0.276 e. The van der Waals surface area contributed by atoms with E-state index in [1.54, 1.807) is 0 Å². The van der Waals surface area contributed by atoms with Gasteiger partial charge in [-0.1, -0.05) is 13.0 Å². The summed E-state index contributed by atoms with van der Waals surface area (Å²) in [6.45, 7) is 4.15. The summed E-state index contributed by atoms with van der Waals surface area (Å²) >= 11 is 0. The minimum absolute atomic E-state index is 0.177. The van der Waals surface area contributed by atoms with E-state index in [4.69, 9.17) is 4.74 Å². The summed E-state index contributed by atoms with van der Waals surface area (Å²) in [7, 11) is 0. The molecule has 2 atom stereocenters. The van der Waals surface area contributed by atoms with Crippen LogP contribution in [0.25, 0.3) is 0 Å². The predicted octanol–water partition coefficient (Wildman–Crippen LogP) is 2.08. The third-order valence-corrected chi connectivity index (χ3v) is 3.54. The summed E-state index contributed by atoms with van der Waals surface area (Å²) in [5.41, 5.74) is 2.49. The Hall–Kier alpha value is -1.12. The molecule has 0 unspecified atom stereocenters. The van der Waals surface area contributed by atoms with Gasteiger partial charge in [-0.25, -0.2) is 0 Å². The van der Waals surface area contributed by atoms with Crippen LogP contribution in [-0.2, 0) is 4.74 Å². The fraction of sp³-hybridized carbons (Fsp3) is 0.727. The van der Waals surface area contributed by atoms with Crippen molar-refractivity contribution in [2.45, 2.75) is 43.7 Å². The lowest BCUT2D eigenvalue weighted by molar-refractivity contribution is -0.579. The fourth-order valence-electron chi connectivity index (χ4n) is 2.77. The Kier molecular flexibility index (Phi) is 2.63. The highest BCUT2D eigenvalue weighted by Gasteiger charge is 2.57. The molecule has 2 fully saturated rings. The van der Waals surface area contributed by atoms with Crippen molar-refractivity contribution in [3.8, 4) is 0 Å². The molecule has 0 bridgehead atoms. The largest absolute Gasteiger partial charge is 0.370 e. The van der Waals surface area contributed by atoms with Crippen LogP contribution in [0.15, 0.2) is 17.9 Å². The number of nitro groups is 1. The first-order chi connectivity index (χ1) is 7.21. The molecule has 0 spiro atoms. The maximum atomic E-state index is 11.3. The van der Waals surface area contributed by atoms with E-state index in [0.717, 1.165) is 24.8 Å². The molecule has 15 heavy (non-hydrogen) atoms. The van der Waals surface area contributed by atoms with Gasteiger partial charge in [0.05, 0.1) is 12.2 Å². The molecule has 0 amide bonds. The first-order valence-electron chi connectivity index (χ1n) is 5.37. The molecule has 82 valence electrons. The molecule has 0 radical (unpaired) electrons. The monoisotopic (exact) mass is 209 g/mol. The standard InChI is InChI=1S/C11H15NO3/c1-2-9-6-8-15-10-5-3-4-7-11(9,10)12(13)14/h10H,1,3-8H2/t10-,11+/m0/s1. The van der Waals surface area contributed by atoms with Gasteiger partial charge < -0.3 is 4.74 Å². The van der Waals surface area contributed by atoms with Crippen LogP contribution in [-0.4, -0.2) is 23.2 Å². The first-order valence-corrected chi connectivity index (χ1v) is 5.37. The number of hydrogen-bond donors (Lipinski definition) is 0. The number of fused-ring (bicyclic) bond motifs is 1. The molecule has 0 N–H and O–H groups in total. The summed E-state index contributed by atoms with van der Waals surface area (Å²) < 4.78 is 5.55. The van der Waals surface area contributed by atoms with Gasteiger partial charge in [-0.05, 0) is 12.8 Å². The lowest BCUT2D eigenvalue weighted by atomic mass is 9.72. The van der Waals surface area contributed by atoms with Crippen LogP contribution in [0.3, 0.4) is 0 Å². The Morgan fingerprint density at radius 2 is 2.40 bits per heavy atom. The summed E-state index contributed by atoms with van der Waals surface area (Å²) in [6, 6.07) is 0. The van der Waals surface area contributed by atoms with Crippen molar-refractivity contribution in [1.29, 1.82) is 0 Å². The van der Waals surface area contributed by atoms with Crippen LogP contribution in [0.5, 0.6) is 0 Å². The number of ether oxygens (including phenoxy) is 1. The Labute approximate surface area is 88.8 Å². The molecule has 2 rings (SSSR count). The van der Waals surface area contributed by atoms with Crippen LogP contribution >= 0.6 is 0 Å². The molecule has 0 aromatic carbocycles. The molecule has 1 aliphatic heterocycles. The van der Waals surface area contributed by atoms with Gasteiger partial charge in [-0.3, -0.25) is 10.1 Å². The molecule has 2 aliphatic rings. The van der Waals surface area contributed by atoms with E-state index in [1.165, 1.54) is 0 Å². The minimum Gasteiger partial charge on any atom is -0.370 e. The second-order valence-corrected chi connectivity index (χ2v) is 4.19. The van der Waals surface area contributed by atoms with Gasteiger partial charge in [-0.2, -0.15) is 0 Å². The topological polar surface area (TPSA) is 52.4 Å². The molecule has 1 saturated carbocycles. The summed E-state index contributed by atoms with van der Waals surface area (Å²) in [5.74, 6) is 0. The van der Waals surface area contributed by atoms with Crippen LogP contribution in [0.4, 0.5) is 0 Å². The average Bonchev–Trinajstić information content (AvgIpc) is 2.27. The number of rotatable bonds is 1. The molecule has 4 heteroatoms. The normalized spacial score (nSPS) is 35.5. The highest BCUT2D eigenvalue weighted by Crippen LogP contribution is 2.42. The Balaban J connectivity index is 2.44. The quantitative estimate of drug-likeness (QED) is 0.377. The fourth-order valence-corrected chi connectivity index (χ4v) is 2.77. The molecular formula is C11H15NO3. The smallest absolute Gasteiger partial charge is 0.276 e. The van der Waals surface area contributed by atoms with Gasteiger partial charge in [0.1, 0.15) is 6.10 Å². The molecule has 4 nitrogen and oxygen atoms in total. The van der Waals surface area contributed by atoms with Crippen molar-refractivity contribution >= 4 is 0 Å². The van der Waals surface area contributed by atoms with Crippen LogP contribution in [0, 0.1) is 10.1 Å². The molecular weight excluding hydrogens is 194 g/mol. The highest BCUT2D eigenvalue weighted by atomic mass is 16.6. The van der Waals surface area contributed by atoms with Gasteiger partial charge in [0.2, 0.25) is 0 Å². The molecule has 1 saturated heterocycles. The number of nitrogens with zero attached hydrogens (tertiary/aromatic N) is 1. The lowest BCUT2D eigenvalue weighted by Crippen LogP contribution is -2.56. The van der Waals surface area contributed by atoms with E-state index < -0.39 is 5.54 Å². The van der Waals surface area contributed by atoms with Crippen molar-refractivity contribution in [2.24, 2.45) is 0 Å². The van der Waals surface area contributed by atoms with E-state index in [1.807, 2.05) is 0 Å². The molecule has 1 aliphatic carbocycles. The summed E-state index contributed by atoms with van der Waals surface area (Å²) in [4.78, 5) is 11.1.